The summed E-state index contributed by atoms with van der Waals surface area (Å²) in [6.45, 7) is -0.678. The predicted octanol–water partition coefficient (Wildman–Crippen LogP) is -0.285. The van der Waals surface area contributed by atoms with E-state index in [1.807, 2.05) is 0 Å². The van der Waals surface area contributed by atoms with E-state index < -0.39 is 35.2 Å². The molecule has 1 aromatic carbocycles. The van der Waals surface area contributed by atoms with Crippen molar-refractivity contribution in [2.24, 2.45) is 14.1 Å². The molecular formula is C16H17N3O6. The zero-order valence-electron chi connectivity index (χ0n) is 13.9. The van der Waals surface area contributed by atoms with Gasteiger partial charge in [-0.15, -0.1) is 0 Å². The van der Waals surface area contributed by atoms with Crippen LogP contribution in [0.15, 0.2) is 33.9 Å². The lowest BCUT2D eigenvalue weighted by atomic mass is 10.2. The number of hydrogen-bond acceptors (Lipinski definition) is 7. The molecule has 2 rings (SSSR count). The number of anilines is 1. The van der Waals surface area contributed by atoms with Gasteiger partial charge in [0.1, 0.15) is 17.1 Å². The second-order valence-corrected chi connectivity index (χ2v) is 5.19. The zero-order valence-corrected chi connectivity index (χ0v) is 13.9. The van der Waals surface area contributed by atoms with Gasteiger partial charge in [0, 0.05) is 14.1 Å². The van der Waals surface area contributed by atoms with Gasteiger partial charge < -0.3 is 15.2 Å². The third kappa shape index (κ3) is 3.44. The minimum absolute atomic E-state index is 0.218. The fourth-order valence-electron chi connectivity index (χ4n) is 2.14. The van der Waals surface area contributed by atoms with Crippen LogP contribution in [0.25, 0.3) is 0 Å². The monoisotopic (exact) mass is 347 g/mol. The van der Waals surface area contributed by atoms with Crippen LogP contribution in [0.2, 0.25) is 0 Å². The van der Waals surface area contributed by atoms with Crippen molar-refractivity contribution in [3.63, 3.8) is 0 Å². The van der Waals surface area contributed by atoms with Gasteiger partial charge in [-0.25, -0.2) is 9.59 Å². The Morgan fingerprint density at radius 2 is 1.68 bits per heavy atom. The molecule has 132 valence electrons. The van der Waals surface area contributed by atoms with Crippen LogP contribution >= 0.6 is 0 Å². The Balaban J connectivity index is 2.19. The van der Waals surface area contributed by atoms with Gasteiger partial charge in [0.25, 0.3) is 5.56 Å². The molecule has 2 aromatic rings. The van der Waals surface area contributed by atoms with Gasteiger partial charge in [-0.2, -0.15) is 0 Å². The van der Waals surface area contributed by atoms with Crippen LogP contribution in [0, 0.1) is 0 Å². The van der Waals surface area contributed by atoms with Gasteiger partial charge in [-0.1, -0.05) is 0 Å². The van der Waals surface area contributed by atoms with Gasteiger partial charge in [0.2, 0.25) is 5.78 Å². The van der Waals surface area contributed by atoms with E-state index in [-0.39, 0.29) is 11.4 Å². The maximum Gasteiger partial charge on any atom is 0.338 e. The molecule has 9 heteroatoms. The molecule has 0 aliphatic carbocycles. The number of carbonyl (C=O) groups excluding carboxylic acids is 2. The first kappa shape index (κ1) is 18.0. The minimum Gasteiger partial charge on any atom is -0.497 e. The maximum absolute atomic E-state index is 12.2. The number of ether oxygens (including phenoxy) is 2. The van der Waals surface area contributed by atoms with Crippen LogP contribution in [0.5, 0.6) is 5.75 Å². The molecule has 0 bridgehead atoms. The van der Waals surface area contributed by atoms with E-state index in [1.54, 1.807) is 12.1 Å². The third-order valence-electron chi connectivity index (χ3n) is 3.65. The number of nitrogens with two attached hydrogens (primary N) is 1. The standard InChI is InChI=1S/C16H17N3O6/c1-18-13(17)12(14(21)19(2)16(18)23)11(20)8-25-15(22)9-4-6-10(24-3)7-5-9/h4-7H,8,17H2,1-3H3. The second-order valence-electron chi connectivity index (χ2n) is 5.19. The summed E-state index contributed by atoms with van der Waals surface area (Å²) in [4.78, 5) is 48.0. The Labute approximate surface area is 142 Å². The molecule has 0 aliphatic rings. The Kier molecular flexibility index (Phi) is 5.06. The number of nitrogen functional groups attached to an aromatic ring is 1. The highest BCUT2D eigenvalue weighted by Crippen LogP contribution is 2.12. The summed E-state index contributed by atoms with van der Waals surface area (Å²) in [6, 6.07) is 6.09. The van der Waals surface area contributed by atoms with Gasteiger partial charge in [-0.05, 0) is 24.3 Å². The lowest BCUT2D eigenvalue weighted by molar-refractivity contribution is 0.0474. The molecule has 0 unspecified atom stereocenters. The number of aromatic nitrogens is 2. The summed E-state index contributed by atoms with van der Waals surface area (Å²) in [5.74, 6) is -1.25. The summed E-state index contributed by atoms with van der Waals surface area (Å²) in [5.41, 5.74) is 4.00. The number of Topliss-reactive ketones (excluding diaryl/α,β-unsaturated/α-hetero) is 1. The van der Waals surface area contributed by atoms with Crippen molar-refractivity contribution >= 4 is 17.6 Å². The molecule has 2 N–H and O–H groups in total. The number of methoxy groups -OCH3 is 1. The molecule has 0 saturated carbocycles. The average molecular weight is 347 g/mol. The molecule has 0 fully saturated rings. The van der Waals surface area contributed by atoms with E-state index in [4.69, 9.17) is 15.2 Å². The normalized spacial score (nSPS) is 10.4. The van der Waals surface area contributed by atoms with Gasteiger partial charge in [-0.3, -0.25) is 18.7 Å². The number of benzene rings is 1. The number of rotatable bonds is 5. The average Bonchev–Trinajstić information content (AvgIpc) is 2.63. The van der Waals surface area contributed by atoms with Crippen molar-refractivity contribution in [1.82, 2.24) is 9.13 Å². The molecule has 0 amide bonds. The highest BCUT2D eigenvalue weighted by Gasteiger charge is 2.21. The van der Waals surface area contributed by atoms with Crippen molar-refractivity contribution < 1.29 is 19.1 Å². The van der Waals surface area contributed by atoms with E-state index in [9.17, 15) is 19.2 Å². The Morgan fingerprint density at radius 1 is 1.08 bits per heavy atom. The smallest absolute Gasteiger partial charge is 0.338 e. The van der Waals surface area contributed by atoms with Gasteiger partial charge in [0.15, 0.2) is 6.61 Å². The van der Waals surface area contributed by atoms with E-state index in [0.29, 0.717) is 5.75 Å². The van der Waals surface area contributed by atoms with E-state index in [1.165, 1.54) is 33.3 Å². The van der Waals surface area contributed by atoms with Crippen molar-refractivity contribution in [3.05, 3.63) is 56.2 Å². The lowest BCUT2D eigenvalue weighted by Gasteiger charge is -2.11. The predicted molar refractivity (Wildman–Crippen MR) is 88.9 cm³/mol. The molecule has 0 radical (unpaired) electrons. The Hall–Kier alpha value is -3.36. The first-order valence-electron chi connectivity index (χ1n) is 7.17. The number of esters is 1. The number of ketones is 1. The molecule has 1 aromatic heterocycles. The molecular weight excluding hydrogens is 330 g/mol. The van der Waals surface area contributed by atoms with Crippen molar-refractivity contribution in [3.8, 4) is 5.75 Å². The largest absolute Gasteiger partial charge is 0.497 e. The summed E-state index contributed by atoms with van der Waals surface area (Å²) in [6.07, 6.45) is 0. The van der Waals surface area contributed by atoms with Crippen LogP contribution in [-0.4, -0.2) is 34.6 Å². The van der Waals surface area contributed by atoms with Crippen LogP contribution in [0.4, 0.5) is 5.82 Å². The number of nitrogens with zero attached hydrogens (tertiary/aromatic N) is 2. The summed E-state index contributed by atoms with van der Waals surface area (Å²) in [5, 5.41) is 0. The SMILES string of the molecule is COc1ccc(C(=O)OCC(=O)c2c(N)n(C)c(=O)n(C)c2=O)cc1. The maximum atomic E-state index is 12.2. The first-order chi connectivity index (χ1) is 11.8. The molecule has 0 saturated heterocycles. The lowest BCUT2D eigenvalue weighted by Crippen LogP contribution is -2.42. The second kappa shape index (κ2) is 7.04. The van der Waals surface area contributed by atoms with E-state index in [0.717, 1.165) is 9.13 Å². The molecule has 25 heavy (non-hydrogen) atoms. The van der Waals surface area contributed by atoms with Crippen LogP contribution in [0.1, 0.15) is 20.7 Å². The minimum atomic E-state index is -0.842. The Morgan fingerprint density at radius 3 is 2.24 bits per heavy atom. The fourth-order valence-corrected chi connectivity index (χ4v) is 2.14. The van der Waals surface area contributed by atoms with E-state index >= 15 is 0 Å². The van der Waals surface area contributed by atoms with Crippen LogP contribution < -0.4 is 21.7 Å². The highest BCUT2D eigenvalue weighted by atomic mass is 16.5. The van der Waals surface area contributed by atoms with Gasteiger partial charge >= 0.3 is 11.7 Å². The van der Waals surface area contributed by atoms with Crippen LogP contribution in [0.3, 0.4) is 0 Å². The summed E-state index contributed by atoms with van der Waals surface area (Å²) >= 11 is 0. The summed E-state index contributed by atoms with van der Waals surface area (Å²) < 4.78 is 11.6. The van der Waals surface area contributed by atoms with Crippen LogP contribution in [-0.2, 0) is 18.8 Å². The zero-order chi connectivity index (χ0) is 18.7. The van der Waals surface area contributed by atoms with Crippen molar-refractivity contribution in [2.75, 3.05) is 19.5 Å². The van der Waals surface area contributed by atoms with Crippen molar-refractivity contribution in [1.29, 1.82) is 0 Å². The molecule has 9 nitrogen and oxygen atoms in total. The molecule has 1 heterocycles. The number of carbonyl (C=O) groups is 2. The third-order valence-corrected chi connectivity index (χ3v) is 3.65. The Bertz CT molecular complexity index is 940. The fraction of sp³-hybridized carbons (Fsp3) is 0.250. The topological polar surface area (TPSA) is 123 Å². The number of hydrogen-bond donors (Lipinski definition) is 1. The highest BCUT2D eigenvalue weighted by molar-refractivity contribution is 6.02. The molecule has 0 spiro atoms. The summed E-state index contributed by atoms with van der Waals surface area (Å²) in [7, 11) is 4.05. The molecule has 0 aliphatic heterocycles. The first-order valence-corrected chi connectivity index (χ1v) is 7.17. The quantitative estimate of drug-likeness (QED) is 0.582. The molecule has 0 atom stereocenters. The van der Waals surface area contributed by atoms with Gasteiger partial charge in [0.05, 0.1) is 12.7 Å². The van der Waals surface area contributed by atoms with Crippen molar-refractivity contribution in [2.45, 2.75) is 0 Å². The van der Waals surface area contributed by atoms with E-state index in [2.05, 4.69) is 0 Å².